The van der Waals surface area contributed by atoms with E-state index in [2.05, 4.69) is 68.5 Å². The average Bonchev–Trinajstić information content (AvgIpc) is 3.14. The summed E-state index contributed by atoms with van der Waals surface area (Å²) in [6.45, 7) is 4.61. The minimum Gasteiger partial charge on any atom is -0.477 e. The summed E-state index contributed by atoms with van der Waals surface area (Å²) in [5.74, 6) is -1.58. The van der Waals surface area contributed by atoms with Gasteiger partial charge in [-0.2, -0.15) is 0 Å². The third-order valence-electron chi connectivity index (χ3n) is 9.46. The summed E-state index contributed by atoms with van der Waals surface area (Å²) in [4.78, 5) is 36.9. The van der Waals surface area contributed by atoms with Gasteiger partial charge < -0.3 is 23.8 Å². The summed E-state index contributed by atoms with van der Waals surface area (Å²) in [7, 11) is 5.50. The van der Waals surface area contributed by atoms with E-state index in [9.17, 15) is 19.5 Å². The van der Waals surface area contributed by atoms with E-state index in [4.69, 9.17) is 14.2 Å². The monoisotopic (exact) mass is 773 g/mol. The maximum absolute atomic E-state index is 12.7. The number of nitrogens with zero attached hydrogens (tertiary/aromatic N) is 1. The average molecular weight is 773 g/mol. The topological polar surface area (TPSA) is 99.1 Å². The van der Waals surface area contributed by atoms with E-state index in [0.717, 1.165) is 57.8 Å². The second kappa shape index (κ2) is 37.9. The fraction of sp³-hybridized carbons (Fsp3) is 0.723. The van der Waals surface area contributed by atoms with Crippen molar-refractivity contribution in [3.05, 3.63) is 60.8 Å². The van der Waals surface area contributed by atoms with Gasteiger partial charge in [-0.3, -0.25) is 9.59 Å². The maximum atomic E-state index is 12.7. The molecule has 316 valence electrons. The van der Waals surface area contributed by atoms with Crippen LogP contribution in [-0.4, -0.2) is 80.6 Å². The molecule has 8 nitrogen and oxygen atoms in total. The van der Waals surface area contributed by atoms with Gasteiger partial charge in [0.1, 0.15) is 6.61 Å². The van der Waals surface area contributed by atoms with Crippen molar-refractivity contribution >= 4 is 17.9 Å². The number of aliphatic carboxylic acids is 1. The molecule has 2 atom stereocenters. The van der Waals surface area contributed by atoms with Gasteiger partial charge in [-0.1, -0.05) is 152 Å². The minimum absolute atomic E-state index is 0.0333. The number of esters is 2. The number of hydrogen-bond donors (Lipinski definition) is 1. The van der Waals surface area contributed by atoms with Crippen molar-refractivity contribution in [3.8, 4) is 0 Å². The number of ether oxygens (including phenoxy) is 3. The lowest BCUT2D eigenvalue weighted by Crippen LogP contribution is -2.50. The lowest BCUT2D eigenvalue weighted by molar-refractivity contribution is -0.887. The molecule has 55 heavy (non-hydrogen) atoms. The van der Waals surface area contributed by atoms with Gasteiger partial charge in [0, 0.05) is 19.3 Å². The number of carbonyl (C=O) groups excluding carboxylic acids is 2. The third-order valence-corrected chi connectivity index (χ3v) is 9.46. The highest BCUT2D eigenvalue weighted by Crippen LogP contribution is 2.12. The summed E-state index contributed by atoms with van der Waals surface area (Å²) in [6.07, 6.45) is 45.6. The van der Waals surface area contributed by atoms with Gasteiger partial charge >= 0.3 is 17.9 Å². The molecule has 0 aromatic carbocycles. The predicted octanol–water partition coefficient (Wildman–Crippen LogP) is 11.8. The molecule has 0 fully saturated rings. The molecular weight excluding hydrogens is 691 g/mol. The molecule has 0 aliphatic carbocycles. The molecule has 0 radical (unpaired) electrons. The van der Waals surface area contributed by atoms with Crippen LogP contribution < -0.4 is 0 Å². The number of quaternary nitrogens is 1. The van der Waals surface area contributed by atoms with Crippen molar-refractivity contribution in [2.24, 2.45) is 0 Å². The molecule has 0 heterocycles. The highest BCUT2D eigenvalue weighted by atomic mass is 16.6. The van der Waals surface area contributed by atoms with E-state index in [1.54, 1.807) is 0 Å². The zero-order valence-corrected chi connectivity index (χ0v) is 35.9. The molecular formula is C47H82NO7+. The normalized spacial score (nSPS) is 13.5. The Morgan fingerprint density at radius 1 is 0.564 bits per heavy atom. The SMILES string of the molecule is CCCCCCC/C=C/C=C/C=C/CCCCCCCC(=O)OC(COCCC(C(=O)O)[N+](C)(C)C)COC(=O)CC/C=C/C/C=C/CCCCCCCC. The van der Waals surface area contributed by atoms with E-state index in [1.165, 1.54) is 70.6 Å². The predicted molar refractivity (Wildman–Crippen MR) is 229 cm³/mol. The first-order chi connectivity index (χ1) is 26.6. The van der Waals surface area contributed by atoms with Crippen molar-refractivity contribution in [2.45, 2.75) is 180 Å². The van der Waals surface area contributed by atoms with E-state index in [-0.39, 0.29) is 42.7 Å². The van der Waals surface area contributed by atoms with Gasteiger partial charge in [0.05, 0.1) is 34.4 Å². The lowest BCUT2D eigenvalue weighted by Gasteiger charge is -2.31. The van der Waals surface area contributed by atoms with Crippen LogP contribution >= 0.6 is 0 Å². The Labute approximate surface area is 337 Å². The molecule has 0 rings (SSSR count). The van der Waals surface area contributed by atoms with Gasteiger partial charge in [-0.25, -0.2) is 4.79 Å². The lowest BCUT2D eigenvalue weighted by atomic mass is 10.1. The zero-order chi connectivity index (χ0) is 40.7. The van der Waals surface area contributed by atoms with Crippen molar-refractivity contribution in [3.63, 3.8) is 0 Å². The number of unbranched alkanes of at least 4 members (excludes halogenated alkanes) is 16. The Kier molecular flexibility index (Phi) is 35.9. The van der Waals surface area contributed by atoms with Crippen LogP contribution in [0.3, 0.4) is 0 Å². The van der Waals surface area contributed by atoms with E-state index < -0.39 is 18.1 Å². The molecule has 0 aromatic heterocycles. The van der Waals surface area contributed by atoms with Crippen LogP contribution in [0.4, 0.5) is 0 Å². The van der Waals surface area contributed by atoms with Crippen LogP contribution in [0.2, 0.25) is 0 Å². The van der Waals surface area contributed by atoms with Gasteiger partial charge in [0.25, 0.3) is 0 Å². The van der Waals surface area contributed by atoms with Gasteiger partial charge in [-0.15, -0.1) is 0 Å². The third kappa shape index (κ3) is 36.4. The molecule has 0 saturated carbocycles. The quantitative estimate of drug-likeness (QED) is 0.0219. The van der Waals surface area contributed by atoms with Crippen LogP contribution in [0.1, 0.15) is 168 Å². The van der Waals surface area contributed by atoms with Crippen LogP contribution in [0.25, 0.3) is 0 Å². The summed E-state index contributed by atoms with van der Waals surface area (Å²) in [5.41, 5.74) is 0. The Hall–Kier alpha value is -2.97. The number of carboxylic acid groups (broad SMARTS) is 1. The van der Waals surface area contributed by atoms with E-state index in [1.807, 2.05) is 27.2 Å². The van der Waals surface area contributed by atoms with Crippen LogP contribution in [-0.2, 0) is 28.6 Å². The summed E-state index contributed by atoms with van der Waals surface area (Å²) in [5, 5.41) is 9.61. The molecule has 0 saturated heterocycles. The highest BCUT2D eigenvalue weighted by molar-refractivity contribution is 5.72. The summed E-state index contributed by atoms with van der Waals surface area (Å²) in [6, 6.07) is -0.627. The zero-order valence-electron chi connectivity index (χ0n) is 35.9. The van der Waals surface area contributed by atoms with Crippen LogP contribution in [0.15, 0.2) is 60.8 Å². The molecule has 1 N–H and O–H groups in total. The number of carbonyl (C=O) groups is 3. The van der Waals surface area contributed by atoms with Crippen molar-refractivity contribution < 1.29 is 38.2 Å². The molecule has 0 spiro atoms. The Balaban J connectivity index is 4.48. The number of rotatable bonds is 38. The van der Waals surface area contributed by atoms with Gasteiger partial charge in [-0.05, 0) is 57.8 Å². The molecule has 0 amide bonds. The minimum atomic E-state index is -0.887. The molecule has 2 unspecified atom stereocenters. The van der Waals surface area contributed by atoms with Crippen LogP contribution in [0.5, 0.6) is 0 Å². The first kappa shape index (κ1) is 52.0. The first-order valence-corrected chi connectivity index (χ1v) is 21.9. The van der Waals surface area contributed by atoms with Crippen molar-refractivity contribution in [1.82, 2.24) is 0 Å². The molecule has 0 bridgehead atoms. The second-order valence-electron chi connectivity index (χ2n) is 15.7. The summed E-state index contributed by atoms with van der Waals surface area (Å²) >= 11 is 0. The molecule has 0 aliphatic heterocycles. The number of likely N-dealkylation sites (N-methyl/N-ethyl adjacent to an activating group) is 1. The fourth-order valence-electron chi connectivity index (χ4n) is 6.03. The smallest absolute Gasteiger partial charge is 0.362 e. The van der Waals surface area contributed by atoms with E-state index in [0.29, 0.717) is 19.3 Å². The highest BCUT2D eigenvalue weighted by Gasteiger charge is 2.31. The Morgan fingerprint density at radius 2 is 1.07 bits per heavy atom. The Morgan fingerprint density at radius 3 is 1.62 bits per heavy atom. The van der Waals surface area contributed by atoms with Gasteiger partial charge in [0.2, 0.25) is 0 Å². The second-order valence-corrected chi connectivity index (χ2v) is 15.7. The van der Waals surface area contributed by atoms with Crippen molar-refractivity contribution in [2.75, 3.05) is 41.0 Å². The number of carboxylic acids is 1. The molecule has 0 aliphatic rings. The molecule has 8 heteroatoms. The first-order valence-electron chi connectivity index (χ1n) is 21.9. The van der Waals surface area contributed by atoms with Crippen LogP contribution in [0, 0.1) is 0 Å². The van der Waals surface area contributed by atoms with E-state index >= 15 is 0 Å². The Bertz CT molecular complexity index is 1090. The maximum Gasteiger partial charge on any atom is 0.362 e. The summed E-state index contributed by atoms with van der Waals surface area (Å²) < 4.78 is 17.2. The van der Waals surface area contributed by atoms with Crippen molar-refractivity contribution in [1.29, 1.82) is 0 Å². The number of hydrogen-bond acceptors (Lipinski definition) is 6. The van der Waals surface area contributed by atoms with Gasteiger partial charge in [0.15, 0.2) is 12.1 Å². The number of allylic oxidation sites excluding steroid dienone is 10. The molecule has 0 aromatic rings. The largest absolute Gasteiger partial charge is 0.477 e. The standard InChI is InChI=1S/C47H81NO7/c1-6-8-10-12-14-16-18-20-21-22-23-24-26-28-30-32-34-36-38-46(50)55-43(41-53-40-39-44(47(51)52)48(3,4)5)42-54-45(49)37-35-33-31-29-27-25-19-17-15-13-11-9-7-2/h18,20-25,27,31,33,43-44H,6-17,19,26,28-30,32,34-42H2,1-5H3/p+1/b20-18+,22-21+,24-23+,27-25+,33-31+. The fourth-order valence-corrected chi connectivity index (χ4v) is 6.03.